The van der Waals surface area contributed by atoms with Crippen LogP contribution >= 0.6 is 0 Å². The maximum Gasteiger partial charge on any atom is 0.437 e. The summed E-state index contributed by atoms with van der Waals surface area (Å²) in [5.41, 5.74) is 4.45. The molecule has 0 aliphatic rings. The van der Waals surface area contributed by atoms with Gasteiger partial charge in [-0.15, -0.1) is 9.89 Å². The summed E-state index contributed by atoms with van der Waals surface area (Å²) in [6.07, 6.45) is -5.51. The number of imide groups is 1. The minimum atomic E-state index is -1.63. The van der Waals surface area contributed by atoms with Gasteiger partial charge in [-0.3, -0.25) is 0 Å². The van der Waals surface area contributed by atoms with Crippen molar-refractivity contribution in [2.24, 2.45) is 4.99 Å². The van der Waals surface area contributed by atoms with Gasteiger partial charge in [0, 0.05) is 5.69 Å². The summed E-state index contributed by atoms with van der Waals surface area (Å²) < 4.78 is 21.8. The molecule has 2 aromatic carbocycles. The van der Waals surface area contributed by atoms with E-state index in [1.54, 1.807) is 98.7 Å². The molecule has 0 aliphatic carbocycles. The zero-order valence-electron chi connectivity index (χ0n) is 26.7. The molecule has 3 N–H and O–H groups in total. The highest BCUT2D eigenvalue weighted by Gasteiger charge is 2.40. The van der Waals surface area contributed by atoms with Crippen LogP contribution in [0.1, 0.15) is 73.4 Å². The van der Waals surface area contributed by atoms with Gasteiger partial charge < -0.3 is 29.8 Å². The van der Waals surface area contributed by atoms with Crippen molar-refractivity contribution in [3.63, 3.8) is 0 Å². The number of nitrogens with two attached hydrogens (primary N) is 1. The number of benzene rings is 2. The van der Waals surface area contributed by atoms with Gasteiger partial charge in [0.1, 0.15) is 29.2 Å². The molecule has 13 heteroatoms. The molecular weight excluding hydrogens is 572 g/mol. The number of rotatable bonds is 5. The lowest BCUT2D eigenvalue weighted by Gasteiger charge is -2.32. The first-order chi connectivity index (χ1) is 20.1. The minimum absolute atomic E-state index is 0.249. The maximum absolute atomic E-state index is 13.4. The zero-order chi connectivity index (χ0) is 33.5. The normalized spacial score (nSPS) is 12.2. The van der Waals surface area contributed by atoms with Crippen LogP contribution in [-0.4, -0.2) is 62.0 Å². The molecule has 0 aromatic heterocycles. The maximum atomic E-state index is 13.4. The largest absolute Gasteiger partial charge is 0.489 e. The predicted molar refractivity (Wildman–Crippen MR) is 163 cm³/mol. The van der Waals surface area contributed by atoms with E-state index < -0.39 is 53.7 Å². The topological polar surface area (TPSA) is 170 Å². The Morgan fingerprint density at radius 2 is 1.30 bits per heavy atom. The quantitative estimate of drug-likeness (QED) is 0.158. The molecule has 0 saturated heterocycles. The third-order valence-corrected chi connectivity index (χ3v) is 5.03. The Morgan fingerprint density at radius 1 is 0.773 bits per heavy atom. The average molecular weight is 615 g/mol. The van der Waals surface area contributed by atoms with Crippen LogP contribution in [0.4, 0.5) is 24.9 Å². The summed E-state index contributed by atoms with van der Waals surface area (Å²) in [5.74, 6) is -0.401. The molecule has 2 aromatic rings. The fraction of sp³-hybridized carbons (Fsp3) is 0.452. The van der Waals surface area contributed by atoms with E-state index >= 15 is 0 Å². The van der Waals surface area contributed by atoms with Crippen LogP contribution in [0.25, 0.3) is 0 Å². The van der Waals surface area contributed by atoms with Crippen molar-refractivity contribution >= 4 is 36.0 Å². The number of carbonyl (C=O) groups excluding carboxylic acids is 3. The highest BCUT2D eigenvalue weighted by Crippen LogP contribution is 2.21. The highest BCUT2D eigenvalue weighted by atomic mass is 16.6. The molecule has 2 rings (SSSR count). The molecule has 44 heavy (non-hydrogen) atoms. The van der Waals surface area contributed by atoms with E-state index in [-0.39, 0.29) is 11.5 Å². The first-order valence-corrected chi connectivity index (χ1v) is 13.8. The monoisotopic (exact) mass is 614 g/mol. The van der Waals surface area contributed by atoms with E-state index in [9.17, 15) is 24.3 Å². The number of nitrogen functional groups attached to an aromatic ring is 1. The van der Waals surface area contributed by atoms with Gasteiger partial charge in [-0.05, 0) is 97.7 Å². The second kappa shape index (κ2) is 14.1. The zero-order valence-corrected chi connectivity index (χ0v) is 26.7. The summed E-state index contributed by atoms with van der Waals surface area (Å²) in [7, 11) is 0. The van der Waals surface area contributed by atoms with Crippen molar-refractivity contribution < 1.29 is 43.2 Å². The third kappa shape index (κ3) is 12.2. The lowest BCUT2D eigenvalue weighted by atomic mass is 10.2. The molecule has 0 bridgehead atoms. The number of guanidine groups is 1. The van der Waals surface area contributed by atoms with Crippen molar-refractivity contribution in [2.45, 2.75) is 92.3 Å². The molecule has 0 radical (unpaired) electrons. The molecule has 0 fully saturated rings. The number of carbonyl (C=O) groups is 4. The molecule has 0 aliphatic heterocycles. The summed E-state index contributed by atoms with van der Waals surface area (Å²) >= 11 is 0. The standard InChI is InChI=1S/C31H42N4O9/c1-29(2,3)42-25(36)33-24(35(27(39)43-30(4,5)6)28(40)44-31(7,8)9)34(26(37)38)18-20-13-15-23(16-14-20)41-19-21-11-10-12-22(32)17-21/h10-17H,18-19,32H2,1-9H3,(H,37,38)/b33-24-. The van der Waals surface area contributed by atoms with Crippen LogP contribution in [0, 0.1) is 0 Å². The van der Waals surface area contributed by atoms with E-state index in [4.69, 9.17) is 24.7 Å². The third-order valence-electron chi connectivity index (χ3n) is 5.03. The number of aliphatic imine (C=N–C) groups is 1. The Kier molecular flexibility index (Phi) is 11.3. The molecule has 0 atom stereocenters. The number of nitrogens with zero attached hydrogens (tertiary/aromatic N) is 3. The first kappa shape index (κ1) is 35.4. The van der Waals surface area contributed by atoms with Gasteiger partial charge >= 0.3 is 24.4 Å². The molecule has 4 amide bonds. The van der Waals surface area contributed by atoms with Gasteiger partial charge in [0.2, 0.25) is 5.96 Å². The summed E-state index contributed by atoms with van der Waals surface area (Å²) in [6.45, 7) is 13.8. The Hall–Kier alpha value is -4.81. The Morgan fingerprint density at radius 3 is 1.75 bits per heavy atom. The van der Waals surface area contributed by atoms with Gasteiger partial charge in [0.25, 0.3) is 0 Å². The Bertz CT molecular complexity index is 1340. The van der Waals surface area contributed by atoms with Gasteiger partial charge in [-0.2, -0.15) is 0 Å². The Labute approximate surface area is 257 Å². The van der Waals surface area contributed by atoms with E-state index in [1.165, 1.54) is 0 Å². The van der Waals surface area contributed by atoms with Gasteiger partial charge in [0.15, 0.2) is 0 Å². The van der Waals surface area contributed by atoms with Crippen LogP contribution < -0.4 is 10.5 Å². The fourth-order valence-electron chi connectivity index (χ4n) is 3.40. The minimum Gasteiger partial charge on any atom is -0.489 e. The number of carboxylic acid groups (broad SMARTS) is 1. The molecule has 0 unspecified atom stereocenters. The molecule has 0 spiro atoms. The van der Waals surface area contributed by atoms with Crippen LogP contribution in [0.15, 0.2) is 53.5 Å². The summed E-state index contributed by atoms with van der Waals surface area (Å²) in [6, 6.07) is 13.6. The van der Waals surface area contributed by atoms with Crippen molar-refractivity contribution in [1.82, 2.24) is 9.80 Å². The second-order valence-corrected chi connectivity index (χ2v) is 12.7. The number of hydrogen-bond donors (Lipinski definition) is 2. The van der Waals surface area contributed by atoms with Crippen LogP contribution in [0.5, 0.6) is 5.75 Å². The van der Waals surface area contributed by atoms with E-state index in [0.29, 0.717) is 21.9 Å². The van der Waals surface area contributed by atoms with Crippen LogP contribution in [-0.2, 0) is 27.4 Å². The van der Waals surface area contributed by atoms with Gasteiger partial charge in [-0.1, -0.05) is 24.3 Å². The van der Waals surface area contributed by atoms with Crippen molar-refractivity contribution in [1.29, 1.82) is 0 Å². The lowest BCUT2D eigenvalue weighted by molar-refractivity contribution is 0.0126. The fourth-order valence-corrected chi connectivity index (χ4v) is 3.40. The number of ether oxygens (including phenoxy) is 4. The van der Waals surface area contributed by atoms with Crippen molar-refractivity contribution in [3.05, 3.63) is 59.7 Å². The SMILES string of the molecule is CC(C)(C)OC(=O)/N=C(/N(Cc1ccc(OCc2cccc(N)c2)cc1)C(=O)O)N(C(=O)OC(C)(C)C)C(=O)OC(C)(C)C. The summed E-state index contributed by atoms with van der Waals surface area (Å²) in [5, 5.41) is 10.2. The van der Waals surface area contributed by atoms with E-state index in [2.05, 4.69) is 4.99 Å². The van der Waals surface area contributed by atoms with Gasteiger partial charge in [0.05, 0.1) is 6.54 Å². The lowest BCUT2D eigenvalue weighted by Crippen LogP contribution is -2.54. The number of anilines is 1. The smallest absolute Gasteiger partial charge is 0.437 e. The first-order valence-electron chi connectivity index (χ1n) is 13.8. The van der Waals surface area contributed by atoms with Crippen LogP contribution in [0.3, 0.4) is 0 Å². The summed E-state index contributed by atoms with van der Waals surface area (Å²) in [4.78, 5) is 56.7. The second-order valence-electron chi connectivity index (χ2n) is 12.7. The van der Waals surface area contributed by atoms with E-state index in [1.807, 2.05) is 12.1 Å². The van der Waals surface area contributed by atoms with Gasteiger partial charge in [-0.25, -0.2) is 24.1 Å². The molecular formula is C31H42N4O9. The van der Waals surface area contributed by atoms with E-state index in [0.717, 1.165) is 5.56 Å². The molecule has 0 saturated carbocycles. The van der Waals surface area contributed by atoms with Crippen molar-refractivity contribution in [3.8, 4) is 5.75 Å². The van der Waals surface area contributed by atoms with Crippen molar-refractivity contribution in [2.75, 3.05) is 5.73 Å². The highest BCUT2D eigenvalue weighted by molar-refractivity contribution is 6.13. The van der Waals surface area contributed by atoms with Crippen LogP contribution in [0.2, 0.25) is 0 Å². The molecule has 240 valence electrons. The molecule has 13 nitrogen and oxygen atoms in total. The number of amides is 4. The molecule has 0 heterocycles. The predicted octanol–water partition coefficient (Wildman–Crippen LogP) is 6.79. The Balaban J connectivity index is 2.52. The number of hydrogen-bond acceptors (Lipinski definition) is 9. The average Bonchev–Trinajstić information content (AvgIpc) is 2.83.